The van der Waals surface area contributed by atoms with E-state index in [1.54, 1.807) is 18.9 Å². The van der Waals surface area contributed by atoms with Crippen molar-refractivity contribution >= 4 is 17.6 Å². The lowest BCUT2D eigenvalue weighted by Crippen LogP contribution is -2.31. The lowest BCUT2D eigenvalue weighted by Gasteiger charge is -2.29. The first-order valence-electron chi connectivity index (χ1n) is 8.11. The molecule has 2 aromatic rings. The molecule has 2 atom stereocenters. The van der Waals surface area contributed by atoms with Crippen LogP contribution in [0.15, 0.2) is 47.8 Å². The third-order valence-electron chi connectivity index (χ3n) is 4.15. The molecular formula is C18H23N3OS. The fraction of sp³-hybridized carbons (Fsp3) is 0.444. The molecule has 0 spiro atoms. The number of thioether (sulfide) groups is 1. The van der Waals surface area contributed by atoms with Gasteiger partial charge in [-0.05, 0) is 31.2 Å². The van der Waals surface area contributed by atoms with E-state index in [1.165, 1.54) is 18.4 Å². The van der Waals surface area contributed by atoms with Gasteiger partial charge in [-0.15, -0.1) is 11.8 Å². The number of ether oxygens (including phenoxy) is 1. The molecule has 0 radical (unpaired) electrons. The summed E-state index contributed by atoms with van der Waals surface area (Å²) in [6.07, 6.45) is 8.58. The fourth-order valence-corrected chi connectivity index (χ4v) is 3.72. The second kappa shape index (κ2) is 8.31. The fourth-order valence-electron chi connectivity index (χ4n) is 2.92. The van der Waals surface area contributed by atoms with Crippen LogP contribution in [0.2, 0.25) is 0 Å². The van der Waals surface area contributed by atoms with E-state index in [1.807, 2.05) is 18.5 Å². The molecule has 0 bridgehead atoms. The standard InChI is InChI=1S/C18H23N3OS/c1-22-16-9-5-8-15(10-16)20-17-11-19-12-18(21-17)23-13-14-6-3-2-4-7-14/h2-4,6-7,11-12,15-16H,5,8-10,13H2,1H3,(H,20,21). The number of benzene rings is 1. The van der Waals surface area contributed by atoms with Gasteiger partial charge in [0.05, 0.1) is 18.5 Å². The molecule has 4 nitrogen and oxygen atoms in total. The van der Waals surface area contributed by atoms with Crippen LogP contribution in [-0.2, 0) is 10.5 Å². The van der Waals surface area contributed by atoms with Gasteiger partial charge in [-0.3, -0.25) is 4.98 Å². The minimum atomic E-state index is 0.366. The van der Waals surface area contributed by atoms with Crippen molar-refractivity contribution in [2.24, 2.45) is 0 Å². The van der Waals surface area contributed by atoms with E-state index >= 15 is 0 Å². The zero-order valence-electron chi connectivity index (χ0n) is 13.4. The lowest BCUT2D eigenvalue weighted by molar-refractivity contribution is 0.0669. The van der Waals surface area contributed by atoms with E-state index in [2.05, 4.69) is 39.6 Å². The quantitative estimate of drug-likeness (QED) is 0.807. The molecule has 0 aliphatic heterocycles. The Morgan fingerprint density at radius 2 is 2.09 bits per heavy atom. The highest BCUT2D eigenvalue weighted by atomic mass is 32.2. The molecule has 3 rings (SSSR count). The van der Waals surface area contributed by atoms with E-state index in [9.17, 15) is 0 Å². The van der Waals surface area contributed by atoms with Gasteiger partial charge in [0.25, 0.3) is 0 Å². The smallest absolute Gasteiger partial charge is 0.146 e. The molecule has 0 amide bonds. The lowest BCUT2D eigenvalue weighted by atomic mass is 9.93. The van der Waals surface area contributed by atoms with Gasteiger partial charge in [0.2, 0.25) is 0 Å². The maximum Gasteiger partial charge on any atom is 0.146 e. The first-order chi connectivity index (χ1) is 11.3. The Hall–Kier alpha value is -1.59. The van der Waals surface area contributed by atoms with Crippen LogP contribution in [0.4, 0.5) is 5.82 Å². The summed E-state index contributed by atoms with van der Waals surface area (Å²) in [5, 5.41) is 4.47. The van der Waals surface area contributed by atoms with Gasteiger partial charge in [-0.25, -0.2) is 4.98 Å². The highest BCUT2D eigenvalue weighted by molar-refractivity contribution is 7.98. The average Bonchev–Trinajstić information content (AvgIpc) is 2.61. The van der Waals surface area contributed by atoms with Gasteiger partial charge in [0, 0.05) is 18.9 Å². The second-order valence-corrected chi connectivity index (χ2v) is 6.88. The van der Waals surface area contributed by atoms with Crippen molar-refractivity contribution < 1.29 is 4.74 Å². The van der Waals surface area contributed by atoms with Crippen LogP contribution in [0.5, 0.6) is 0 Å². The largest absolute Gasteiger partial charge is 0.381 e. The molecule has 2 unspecified atom stereocenters. The Bertz CT molecular complexity index is 608. The number of hydrogen-bond donors (Lipinski definition) is 1. The molecule has 1 saturated carbocycles. The third-order valence-corrected chi connectivity index (χ3v) is 5.12. The van der Waals surface area contributed by atoms with Gasteiger partial charge in [-0.2, -0.15) is 0 Å². The molecule has 1 aliphatic carbocycles. The summed E-state index contributed by atoms with van der Waals surface area (Å²) < 4.78 is 5.49. The first kappa shape index (κ1) is 16.3. The normalized spacial score (nSPS) is 21.1. The first-order valence-corrected chi connectivity index (χ1v) is 9.10. The molecule has 1 aromatic carbocycles. The maximum absolute atomic E-state index is 5.49. The molecule has 5 heteroatoms. The summed E-state index contributed by atoms with van der Waals surface area (Å²) in [4.78, 5) is 9.01. The molecule has 1 heterocycles. The van der Waals surface area contributed by atoms with E-state index in [0.29, 0.717) is 12.1 Å². The highest BCUT2D eigenvalue weighted by Gasteiger charge is 2.21. The Kier molecular flexibility index (Phi) is 5.88. The van der Waals surface area contributed by atoms with Crippen LogP contribution >= 0.6 is 11.8 Å². The summed E-state index contributed by atoms with van der Waals surface area (Å²) in [6.45, 7) is 0. The molecule has 0 saturated heterocycles. The number of aromatic nitrogens is 2. The van der Waals surface area contributed by atoms with Gasteiger partial charge >= 0.3 is 0 Å². The van der Waals surface area contributed by atoms with E-state index in [-0.39, 0.29) is 0 Å². The van der Waals surface area contributed by atoms with Crippen molar-refractivity contribution in [3.05, 3.63) is 48.3 Å². The van der Waals surface area contributed by atoms with Crippen LogP contribution in [0, 0.1) is 0 Å². The summed E-state index contributed by atoms with van der Waals surface area (Å²) in [5.41, 5.74) is 1.30. The molecular weight excluding hydrogens is 306 g/mol. The van der Waals surface area contributed by atoms with Crippen LogP contribution in [0.25, 0.3) is 0 Å². The Labute approximate surface area is 142 Å². The second-order valence-electron chi connectivity index (χ2n) is 5.88. The Balaban J connectivity index is 1.56. The number of nitrogens with one attached hydrogen (secondary N) is 1. The van der Waals surface area contributed by atoms with E-state index in [4.69, 9.17) is 4.74 Å². The SMILES string of the molecule is COC1CCCC(Nc2cncc(SCc3ccccc3)n2)C1. The minimum absolute atomic E-state index is 0.366. The van der Waals surface area contributed by atoms with Crippen molar-refractivity contribution in [1.29, 1.82) is 0 Å². The zero-order valence-corrected chi connectivity index (χ0v) is 14.3. The summed E-state index contributed by atoms with van der Waals surface area (Å²) in [6, 6.07) is 10.9. The monoisotopic (exact) mass is 329 g/mol. The topological polar surface area (TPSA) is 47.0 Å². The molecule has 1 fully saturated rings. The van der Waals surface area contributed by atoms with Gasteiger partial charge in [-0.1, -0.05) is 30.3 Å². The molecule has 1 aromatic heterocycles. The predicted molar refractivity (Wildman–Crippen MR) is 94.7 cm³/mol. The summed E-state index contributed by atoms with van der Waals surface area (Å²) in [5.74, 6) is 1.78. The number of rotatable bonds is 6. The van der Waals surface area contributed by atoms with Crippen LogP contribution in [-0.4, -0.2) is 29.2 Å². The Morgan fingerprint density at radius 1 is 1.22 bits per heavy atom. The number of anilines is 1. The summed E-state index contributed by atoms with van der Waals surface area (Å²) >= 11 is 1.72. The van der Waals surface area contributed by atoms with Gasteiger partial charge < -0.3 is 10.1 Å². The zero-order chi connectivity index (χ0) is 15.9. The maximum atomic E-state index is 5.49. The van der Waals surface area contributed by atoms with Crippen molar-refractivity contribution in [1.82, 2.24) is 9.97 Å². The van der Waals surface area contributed by atoms with Crippen molar-refractivity contribution in [3.8, 4) is 0 Å². The van der Waals surface area contributed by atoms with Gasteiger partial charge in [0.1, 0.15) is 10.8 Å². The highest BCUT2D eigenvalue weighted by Crippen LogP contribution is 2.25. The molecule has 1 N–H and O–H groups in total. The third kappa shape index (κ3) is 4.94. The molecule has 122 valence electrons. The predicted octanol–water partition coefficient (Wildman–Crippen LogP) is 4.14. The van der Waals surface area contributed by atoms with E-state index in [0.717, 1.165) is 29.4 Å². The Morgan fingerprint density at radius 3 is 2.91 bits per heavy atom. The van der Waals surface area contributed by atoms with Crippen molar-refractivity contribution in [2.45, 2.75) is 48.6 Å². The molecule has 1 aliphatic rings. The van der Waals surface area contributed by atoms with E-state index < -0.39 is 0 Å². The van der Waals surface area contributed by atoms with Gasteiger partial charge in [0.15, 0.2) is 0 Å². The average molecular weight is 329 g/mol. The minimum Gasteiger partial charge on any atom is -0.381 e. The summed E-state index contributed by atoms with van der Waals surface area (Å²) in [7, 11) is 1.80. The van der Waals surface area contributed by atoms with Crippen LogP contribution in [0.1, 0.15) is 31.2 Å². The number of hydrogen-bond acceptors (Lipinski definition) is 5. The number of methoxy groups -OCH3 is 1. The van der Waals surface area contributed by atoms with Crippen molar-refractivity contribution in [3.63, 3.8) is 0 Å². The van der Waals surface area contributed by atoms with Crippen molar-refractivity contribution in [2.75, 3.05) is 12.4 Å². The van der Waals surface area contributed by atoms with Crippen LogP contribution < -0.4 is 5.32 Å². The molecule has 23 heavy (non-hydrogen) atoms. The number of nitrogens with zero attached hydrogens (tertiary/aromatic N) is 2. The van der Waals surface area contributed by atoms with Crippen LogP contribution in [0.3, 0.4) is 0 Å².